The first-order chi connectivity index (χ1) is 13.8. The maximum Gasteiger partial charge on any atom is 3.00 e. The van der Waals surface area contributed by atoms with E-state index in [0.29, 0.717) is 5.92 Å². The van der Waals surface area contributed by atoms with Crippen LogP contribution in [-0.2, 0) is 20.1 Å². The van der Waals surface area contributed by atoms with Crippen molar-refractivity contribution < 1.29 is 20.1 Å². The van der Waals surface area contributed by atoms with Crippen LogP contribution in [0.2, 0.25) is 0 Å². The maximum atomic E-state index is 4.22. The summed E-state index contributed by atoms with van der Waals surface area (Å²) in [6.07, 6.45) is 2.96. The number of rotatable bonds is 4. The minimum atomic E-state index is 0. The first kappa shape index (κ1) is 22.7. The minimum Gasteiger partial charge on any atom is -0.305 e. The summed E-state index contributed by atoms with van der Waals surface area (Å²) in [4.78, 5) is 4.22. The molecule has 1 atom stereocenters. The molecule has 0 bridgehead atoms. The summed E-state index contributed by atoms with van der Waals surface area (Å²) in [5.74, 6) is 0.616. The molecule has 1 unspecified atom stereocenters. The van der Waals surface area contributed by atoms with Gasteiger partial charge in [0.1, 0.15) is 0 Å². The Balaban J connectivity index is 0.000000207. The molecule has 0 N–H and O–H groups in total. The second-order valence-corrected chi connectivity index (χ2v) is 6.61. The van der Waals surface area contributed by atoms with Gasteiger partial charge in [0.15, 0.2) is 0 Å². The van der Waals surface area contributed by atoms with Crippen molar-refractivity contribution in [3.05, 3.63) is 115 Å². The molecule has 0 aliphatic carbocycles. The zero-order valence-corrected chi connectivity index (χ0v) is 19.1. The van der Waals surface area contributed by atoms with E-state index in [4.69, 9.17) is 0 Å². The Bertz CT molecular complexity index is 898. The van der Waals surface area contributed by atoms with Crippen molar-refractivity contribution in [1.29, 1.82) is 0 Å². The fraction of sp³-hybridized carbons (Fsp3) is 0.148. The first-order valence-corrected chi connectivity index (χ1v) is 9.64. The van der Waals surface area contributed by atoms with Gasteiger partial charge in [-0.25, -0.2) is 11.1 Å². The molecule has 2 heteroatoms. The van der Waals surface area contributed by atoms with Crippen LogP contribution >= 0.6 is 0 Å². The van der Waals surface area contributed by atoms with Crippen LogP contribution in [0, 0.1) is 18.2 Å². The molecule has 3 aromatic carbocycles. The summed E-state index contributed by atoms with van der Waals surface area (Å²) in [6, 6.07) is 37.8. The first-order valence-electron chi connectivity index (χ1n) is 9.64. The summed E-state index contributed by atoms with van der Waals surface area (Å²) in [7, 11) is 0. The zero-order chi connectivity index (χ0) is 19.6. The van der Waals surface area contributed by atoms with Crippen LogP contribution in [0.15, 0.2) is 91.1 Å². The molecule has 29 heavy (non-hydrogen) atoms. The van der Waals surface area contributed by atoms with Crippen LogP contribution in [0.5, 0.6) is 0 Å². The van der Waals surface area contributed by atoms with E-state index in [0.717, 1.165) is 22.4 Å². The van der Waals surface area contributed by atoms with Crippen LogP contribution < -0.4 is 0 Å². The quantitative estimate of drug-likeness (QED) is 0.247. The van der Waals surface area contributed by atoms with Crippen molar-refractivity contribution in [1.82, 2.24) is 4.98 Å². The summed E-state index contributed by atoms with van der Waals surface area (Å²) in [5, 5.41) is 0. The monoisotopic (exact) mass is 555 g/mol. The standard InChI is InChI=1S/C16H16.C11H8N.Ir/c1-3-13(2)14-9-11-16(12-10-14)15-7-5-4-6-8-15;1-2-6-10(7-3-1)11-8-4-5-9-12-11;/h4-7,9-11,13H,3H2,1-2H3;1-6,8-9H;/q-2;-1;+3. The number of benzene rings is 3. The van der Waals surface area contributed by atoms with E-state index in [-0.39, 0.29) is 20.1 Å². The maximum absolute atomic E-state index is 4.22. The Hall–Kier alpha value is -2.54. The largest absolute Gasteiger partial charge is 3.00 e. The number of aromatic nitrogens is 1. The van der Waals surface area contributed by atoms with Crippen molar-refractivity contribution in [3.63, 3.8) is 0 Å². The molecule has 4 aromatic rings. The Morgan fingerprint density at radius 1 is 0.759 bits per heavy atom. The van der Waals surface area contributed by atoms with Gasteiger partial charge in [-0.3, -0.25) is 0 Å². The van der Waals surface area contributed by atoms with Crippen molar-refractivity contribution in [2.24, 2.45) is 0 Å². The predicted octanol–water partition coefficient (Wildman–Crippen LogP) is 7.01. The molecule has 0 radical (unpaired) electrons. The van der Waals surface area contributed by atoms with E-state index in [1.54, 1.807) is 6.20 Å². The van der Waals surface area contributed by atoms with E-state index in [1.165, 1.54) is 12.0 Å². The van der Waals surface area contributed by atoms with E-state index >= 15 is 0 Å². The van der Waals surface area contributed by atoms with Gasteiger partial charge in [0.2, 0.25) is 0 Å². The molecule has 146 valence electrons. The van der Waals surface area contributed by atoms with Gasteiger partial charge in [0.05, 0.1) is 0 Å². The molecule has 0 aliphatic heterocycles. The molecule has 0 aliphatic rings. The van der Waals surface area contributed by atoms with E-state index in [9.17, 15) is 0 Å². The molecule has 1 aromatic heterocycles. The molecule has 1 heterocycles. The van der Waals surface area contributed by atoms with Crippen LogP contribution in [0.1, 0.15) is 31.7 Å². The number of nitrogens with zero attached hydrogens (tertiary/aromatic N) is 1. The van der Waals surface area contributed by atoms with Gasteiger partial charge in [-0.15, -0.1) is 47.5 Å². The minimum absolute atomic E-state index is 0. The average Bonchev–Trinajstić information content (AvgIpc) is 2.81. The molecule has 1 nitrogen and oxygen atoms in total. The molecule has 4 rings (SSSR count). The van der Waals surface area contributed by atoms with Crippen LogP contribution in [0.25, 0.3) is 22.4 Å². The number of hydrogen-bond acceptors (Lipinski definition) is 1. The summed E-state index contributed by atoms with van der Waals surface area (Å²) in [6.45, 7) is 4.46. The van der Waals surface area contributed by atoms with E-state index in [2.05, 4.69) is 61.3 Å². The van der Waals surface area contributed by atoms with Gasteiger partial charge in [-0.2, -0.15) is 48.5 Å². The Labute approximate surface area is 188 Å². The van der Waals surface area contributed by atoms with E-state index < -0.39 is 0 Å². The average molecular weight is 555 g/mol. The second-order valence-electron chi connectivity index (χ2n) is 6.61. The van der Waals surface area contributed by atoms with Crippen LogP contribution in [0.4, 0.5) is 0 Å². The fourth-order valence-electron chi connectivity index (χ4n) is 2.78. The third kappa shape index (κ3) is 6.78. The van der Waals surface area contributed by atoms with Gasteiger partial charge in [0.25, 0.3) is 0 Å². The Morgan fingerprint density at radius 2 is 1.41 bits per heavy atom. The van der Waals surface area contributed by atoms with Crippen molar-refractivity contribution >= 4 is 0 Å². The number of hydrogen-bond donors (Lipinski definition) is 0. The van der Waals surface area contributed by atoms with Gasteiger partial charge in [-0.05, 0) is 11.8 Å². The van der Waals surface area contributed by atoms with Crippen LogP contribution in [-0.4, -0.2) is 4.98 Å². The predicted molar refractivity (Wildman–Crippen MR) is 117 cm³/mol. The smallest absolute Gasteiger partial charge is 0.305 e. The van der Waals surface area contributed by atoms with Crippen molar-refractivity contribution in [2.45, 2.75) is 26.2 Å². The normalized spacial score (nSPS) is 10.8. The molecular weight excluding hydrogens is 531 g/mol. The van der Waals surface area contributed by atoms with Gasteiger partial charge in [0, 0.05) is 6.20 Å². The molecule has 0 saturated heterocycles. The van der Waals surface area contributed by atoms with Gasteiger partial charge >= 0.3 is 20.1 Å². The van der Waals surface area contributed by atoms with Crippen molar-refractivity contribution in [3.8, 4) is 22.4 Å². The van der Waals surface area contributed by atoms with Crippen molar-refractivity contribution in [2.75, 3.05) is 0 Å². The third-order valence-electron chi connectivity index (χ3n) is 4.67. The second kappa shape index (κ2) is 12.1. The molecular formula is C27H24IrN. The molecule has 0 spiro atoms. The third-order valence-corrected chi connectivity index (χ3v) is 4.67. The fourth-order valence-corrected chi connectivity index (χ4v) is 2.78. The SMILES string of the molecule is CCC(C)c1c[c-]c(-c2[c-]cccc2)cc1.[Ir+3].[c-]1ccccc1-c1ccccn1. The summed E-state index contributed by atoms with van der Waals surface area (Å²) in [5.41, 5.74) is 5.60. The zero-order valence-electron chi connectivity index (χ0n) is 16.7. The van der Waals surface area contributed by atoms with Crippen LogP contribution in [0.3, 0.4) is 0 Å². The summed E-state index contributed by atoms with van der Waals surface area (Å²) >= 11 is 0. The van der Waals surface area contributed by atoms with E-state index in [1.807, 2.05) is 60.7 Å². The number of pyridine rings is 1. The molecule has 0 saturated carbocycles. The Morgan fingerprint density at radius 3 is 1.93 bits per heavy atom. The Kier molecular flexibility index (Phi) is 9.50. The molecule has 0 fully saturated rings. The molecule has 0 amide bonds. The van der Waals surface area contributed by atoms with Gasteiger partial charge < -0.3 is 4.98 Å². The topological polar surface area (TPSA) is 12.9 Å². The summed E-state index contributed by atoms with van der Waals surface area (Å²) < 4.78 is 0. The van der Waals surface area contributed by atoms with Gasteiger partial charge in [-0.1, -0.05) is 38.3 Å².